The van der Waals surface area contributed by atoms with Gasteiger partial charge in [-0.1, -0.05) is 53.7 Å². The minimum Gasteiger partial charge on any atom is -0.497 e. The highest BCUT2D eigenvalue weighted by atomic mass is 35.5. The fourth-order valence-corrected chi connectivity index (χ4v) is 3.73. The number of methoxy groups -OCH3 is 1. The molecule has 0 saturated carbocycles. The second kappa shape index (κ2) is 10.3. The van der Waals surface area contributed by atoms with Crippen LogP contribution in [0.15, 0.2) is 59.9 Å². The molecule has 0 aliphatic heterocycles. The first kappa shape index (κ1) is 21.2. The highest BCUT2D eigenvalue weighted by molar-refractivity contribution is 7.99. The molecule has 0 bridgehead atoms. The van der Waals surface area contributed by atoms with Crippen LogP contribution in [0.25, 0.3) is 0 Å². The van der Waals surface area contributed by atoms with Crippen LogP contribution in [0.5, 0.6) is 5.75 Å². The Morgan fingerprint density at radius 1 is 1.24 bits per heavy atom. The van der Waals surface area contributed by atoms with Gasteiger partial charge in [-0.25, -0.2) is 4.98 Å². The van der Waals surface area contributed by atoms with E-state index in [4.69, 9.17) is 16.3 Å². The third-order valence-corrected chi connectivity index (χ3v) is 5.59. The lowest BCUT2D eigenvalue weighted by molar-refractivity contribution is -0.118. The summed E-state index contributed by atoms with van der Waals surface area (Å²) >= 11 is 7.44. The van der Waals surface area contributed by atoms with Gasteiger partial charge in [0, 0.05) is 24.3 Å². The zero-order chi connectivity index (χ0) is 20.6. The molecule has 2 N–H and O–H groups in total. The normalized spacial score (nSPS) is 10.7. The van der Waals surface area contributed by atoms with Gasteiger partial charge in [0.15, 0.2) is 5.16 Å². The first-order chi connectivity index (χ1) is 14.1. The molecule has 8 heteroatoms. The summed E-state index contributed by atoms with van der Waals surface area (Å²) < 4.78 is 7.11. The Balaban J connectivity index is 1.60. The summed E-state index contributed by atoms with van der Waals surface area (Å²) in [5, 5.41) is 13.6. The highest BCUT2D eigenvalue weighted by Crippen LogP contribution is 2.21. The average Bonchev–Trinajstić information content (AvgIpc) is 3.14. The number of hydrogen-bond acceptors (Lipinski definition) is 5. The van der Waals surface area contributed by atoms with Gasteiger partial charge in [0.2, 0.25) is 5.91 Å². The second-order valence-corrected chi connectivity index (χ2v) is 7.66. The van der Waals surface area contributed by atoms with Crippen molar-refractivity contribution in [1.82, 2.24) is 14.9 Å². The maximum atomic E-state index is 12.2. The van der Waals surface area contributed by atoms with E-state index in [1.807, 2.05) is 47.0 Å². The van der Waals surface area contributed by atoms with Crippen LogP contribution in [0.3, 0.4) is 0 Å². The van der Waals surface area contributed by atoms with Crippen molar-refractivity contribution >= 4 is 29.3 Å². The molecule has 0 aliphatic carbocycles. The average molecular weight is 432 g/mol. The molecule has 6 nitrogen and oxygen atoms in total. The maximum absolute atomic E-state index is 12.2. The summed E-state index contributed by atoms with van der Waals surface area (Å²) in [6, 6.07) is 15.2. The Hall–Kier alpha value is -2.48. The molecule has 0 saturated heterocycles. The van der Waals surface area contributed by atoms with E-state index in [1.165, 1.54) is 11.8 Å². The molecular weight excluding hydrogens is 410 g/mol. The molecule has 3 aromatic rings. The molecule has 0 radical (unpaired) electrons. The minimum atomic E-state index is -0.151. The number of thioether (sulfide) groups is 1. The van der Waals surface area contributed by atoms with E-state index in [9.17, 15) is 9.90 Å². The van der Waals surface area contributed by atoms with Gasteiger partial charge < -0.3 is 19.7 Å². The molecule has 0 fully saturated rings. The summed E-state index contributed by atoms with van der Waals surface area (Å²) in [4.78, 5) is 16.7. The standard InChI is InChI=1S/C21H22ClN3O3S/c1-28-18-8-6-15(7-9-18)11-25-12-17(13-26)24-21(25)29-14-20(27)23-10-16-4-2-3-5-19(16)22/h2-9,12,26H,10-11,13-14H2,1H3,(H,23,27). The van der Waals surface area contributed by atoms with Crippen molar-refractivity contribution in [2.45, 2.75) is 24.9 Å². The molecule has 0 atom stereocenters. The van der Waals surface area contributed by atoms with Crippen LogP contribution in [0, 0.1) is 0 Å². The molecule has 1 amide bonds. The fraction of sp³-hybridized carbons (Fsp3) is 0.238. The summed E-state index contributed by atoms with van der Waals surface area (Å²) in [6.45, 7) is 0.809. The third kappa shape index (κ3) is 6.00. The van der Waals surface area contributed by atoms with E-state index >= 15 is 0 Å². The van der Waals surface area contributed by atoms with E-state index in [-0.39, 0.29) is 18.3 Å². The van der Waals surface area contributed by atoms with Crippen molar-refractivity contribution in [2.75, 3.05) is 12.9 Å². The van der Waals surface area contributed by atoms with Gasteiger partial charge in [0.05, 0.1) is 25.2 Å². The molecule has 1 aromatic heterocycles. The quantitative estimate of drug-likeness (QED) is 0.507. The Morgan fingerprint density at radius 3 is 2.69 bits per heavy atom. The van der Waals surface area contributed by atoms with Gasteiger partial charge in [0.1, 0.15) is 5.75 Å². The predicted molar refractivity (Wildman–Crippen MR) is 114 cm³/mol. The number of aliphatic hydroxyl groups is 1. The van der Waals surface area contributed by atoms with Gasteiger partial charge in [-0.05, 0) is 29.3 Å². The Morgan fingerprint density at radius 2 is 2.00 bits per heavy atom. The van der Waals surface area contributed by atoms with Gasteiger partial charge >= 0.3 is 0 Å². The Bertz CT molecular complexity index is 960. The molecule has 0 spiro atoms. The maximum Gasteiger partial charge on any atom is 0.230 e. The van der Waals surface area contributed by atoms with E-state index < -0.39 is 0 Å². The predicted octanol–water partition coefficient (Wildman–Crippen LogP) is 3.49. The molecule has 0 aliphatic rings. The van der Waals surface area contributed by atoms with Gasteiger partial charge in [-0.15, -0.1) is 0 Å². The second-order valence-electron chi connectivity index (χ2n) is 6.31. The molecule has 0 unspecified atom stereocenters. The zero-order valence-electron chi connectivity index (χ0n) is 16.0. The summed E-state index contributed by atoms with van der Waals surface area (Å²) in [6.07, 6.45) is 1.80. The number of nitrogens with one attached hydrogen (secondary N) is 1. The lowest BCUT2D eigenvalue weighted by Crippen LogP contribution is -2.24. The number of benzene rings is 2. The van der Waals surface area contributed by atoms with Crippen LogP contribution >= 0.6 is 23.4 Å². The van der Waals surface area contributed by atoms with Crippen molar-refractivity contribution in [1.29, 1.82) is 0 Å². The first-order valence-electron chi connectivity index (χ1n) is 9.01. The van der Waals surface area contributed by atoms with E-state index in [2.05, 4.69) is 10.3 Å². The fourth-order valence-electron chi connectivity index (χ4n) is 2.70. The van der Waals surface area contributed by atoms with Crippen LogP contribution in [0.1, 0.15) is 16.8 Å². The third-order valence-electron chi connectivity index (χ3n) is 4.23. The lowest BCUT2D eigenvalue weighted by Gasteiger charge is -2.09. The Labute approximate surface area is 178 Å². The van der Waals surface area contributed by atoms with Gasteiger partial charge in [0.25, 0.3) is 0 Å². The number of amides is 1. The number of carbonyl (C=O) groups excluding carboxylic acids is 1. The first-order valence-corrected chi connectivity index (χ1v) is 10.4. The molecule has 3 rings (SSSR count). The number of ether oxygens (including phenoxy) is 1. The number of carbonyl (C=O) groups is 1. The Kier molecular flexibility index (Phi) is 7.57. The molecular formula is C21H22ClN3O3S. The van der Waals surface area contributed by atoms with Crippen molar-refractivity contribution in [3.05, 3.63) is 76.6 Å². The summed E-state index contributed by atoms with van der Waals surface area (Å²) in [5.41, 5.74) is 2.51. The summed E-state index contributed by atoms with van der Waals surface area (Å²) in [5.74, 6) is 0.897. The molecule has 2 aromatic carbocycles. The number of nitrogens with zero attached hydrogens (tertiary/aromatic N) is 2. The smallest absolute Gasteiger partial charge is 0.230 e. The van der Waals surface area contributed by atoms with E-state index in [0.717, 1.165) is 16.9 Å². The van der Waals surface area contributed by atoms with Crippen LogP contribution in [-0.4, -0.2) is 33.4 Å². The van der Waals surface area contributed by atoms with Gasteiger partial charge in [-0.3, -0.25) is 4.79 Å². The van der Waals surface area contributed by atoms with Crippen LogP contribution in [0.2, 0.25) is 5.02 Å². The van der Waals surface area contributed by atoms with Gasteiger partial charge in [-0.2, -0.15) is 0 Å². The van der Waals surface area contributed by atoms with Crippen LogP contribution < -0.4 is 10.1 Å². The number of aromatic nitrogens is 2. The molecule has 1 heterocycles. The van der Waals surface area contributed by atoms with Crippen molar-refractivity contribution < 1.29 is 14.6 Å². The summed E-state index contributed by atoms with van der Waals surface area (Å²) in [7, 11) is 1.63. The van der Waals surface area contributed by atoms with E-state index in [1.54, 1.807) is 19.4 Å². The van der Waals surface area contributed by atoms with Crippen molar-refractivity contribution in [3.63, 3.8) is 0 Å². The van der Waals surface area contributed by atoms with Crippen LogP contribution in [0.4, 0.5) is 0 Å². The number of aliphatic hydroxyl groups excluding tert-OH is 1. The number of hydrogen-bond donors (Lipinski definition) is 2. The van der Waals surface area contributed by atoms with Crippen molar-refractivity contribution in [3.8, 4) is 5.75 Å². The zero-order valence-corrected chi connectivity index (χ0v) is 17.5. The lowest BCUT2D eigenvalue weighted by atomic mass is 10.2. The number of imidazole rings is 1. The van der Waals surface area contributed by atoms with Crippen LogP contribution in [-0.2, 0) is 24.5 Å². The van der Waals surface area contributed by atoms with E-state index in [0.29, 0.717) is 29.0 Å². The highest BCUT2D eigenvalue weighted by Gasteiger charge is 2.12. The minimum absolute atomic E-state index is 0.112. The topological polar surface area (TPSA) is 76.4 Å². The number of rotatable bonds is 9. The van der Waals surface area contributed by atoms with Crippen molar-refractivity contribution in [2.24, 2.45) is 0 Å². The largest absolute Gasteiger partial charge is 0.497 e. The monoisotopic (exact) mass is 431 g/mol. The molecule has 29 heavy (non-hydrogen) atoms. The SMILES string of the molecule is COc1ccc(Cn2cc(CO)nc2SCC(=O)NCc2ccccc2Cl)cc1. The molecule has 152 valence electrons. The number of halogens is 1.